The number of aryl methyl sites for hydroxylation is 1. The van der Waals surface area contributed by atoms with Gasteiger partial charge in [0, 0.05) is 37.9 Å². The fourth-order valence-corrected chi connectivity index (χ4v) is 1.24. The quantitative estimate of drug-likeness (QED) is 0.552. The van der Waals surface area contributed by atoms with Crippen molar-refractivity contribution in [3.8, 4) is 0 Å². The van der Waals surface area contributed by atoms with E-state index in [0.29, 0.717) is 6.54 Å². The fourth-order valence-electron chi connectivity index (χ4n) is 1.24. The molecule has 4 N–H and O–H groups in total. The van der Waals surface area contributed by atoms with Crippen molar-refractivity contribution in [3.05, 3.63) is 17.5 Å². The average molecular weight is 239 g/mol. The minimum Gasteiger partial charge on any atom is -0.347 e. The Hall–Kier alpha value is -1.89. The lowest BCUT2D eigenvalue weighted by atomic mass is 10.2. The van der Waals surface area contributed by atoms with Gasteiger partial charge in [-0.25, -0.2) is 0 Å². The van der Waals surface area contributed by atoms with Crippen LogP contribution in [0.2, 0.25) is 0 Å². The van der Waals surface area contributed by atoms with Crippen molar-refractivity contribution in [1.29, 1.82) is 0 Å². The van der Waals surface area contributed by atoms with Crippen LogP contribution in [-0.4, -0.2) is 34.7 Å². The number of nitrogens with two attached hydrogens (primary N) is 1. The Bertz CT molecular complexity index is 413. The van der Waals surface area contributed by atoms with Crippen molar-refractivity contribution in [2.75, 3.05) is 13.1 Å². The Labute approximate surface area is 99.4 Å². The second-order valence-corrected chi connectivity index (χ2v) is 3.61. The molecule has 2 amide bonds. The molecular formula is C10H17N5O2. The number of hydrogen-bond donors (Lipinski definition) is 3. The van der Waals surface area contributed by atoms with Crippen molar-refractivity contribution < 1.29 is 9.59 Å². The van der Waals surface area contributed by atoms with E-state index in [-0.39, 0.29) is 13.1 Å². The topological polar surface area (TPSA) is 102 Å². The molecule has 94 valence electrons. The Morgan fingerprint density at radius 1 is 1.41 bits per heavy atom. The normalized spacial score (nSPS) is 10.1. The number of rotatable bonds is 4. The number of carbonyl (C=O) groups is 2. The van der Waals surface area contributed by atoms with Crippen LogP contribution in [-0.2, 0) is 23.2 Å². The first-order valence-electron chi connectivity index (χ1n) is 5.29. The van der Waals surface area contributed by atoms with Crippen molar-refractivity contribution in [2.45, 2.75) is 13.5 Å². The van der Waals surface area contributed by atoms with Gasteiger partial charge in [0.25, 0.3) is 0 Å². The summed E-state index contributed by atoms with van der Waals surface area (Å²) in [7, 11) is 1.81. The largest absolute Gasteiger partial charge is 0.347 e. The van der Waals surface area contributed by atoms with Gasteiger partial charge in [-0.05, 0) is 6.92 Å². The maximum atomic E-state index is 11.3. The maximum absolute atomic E-state index is 11.3. The van der Waals surface area contributed by atoms with Gasteiger partial charge < -0.3 is 16.4 Å². The first-order chi connectivity index (χ1) is 8.06. The van der Waals surface area contributed by atoms with E-state index in [1.807, 2.05) is 14.0 Å². The Morgan fingerprint density at radius 3 is 2.59 bits per heavy atom. The summed E-state index contributed by atoms with van der Waals surface area (Å²) in [6.45, 7) is 2.77. The molecule has 1 heterocycles. The first kappa shape index (κ1) is 13.2. The molecule has 1 aromatic rings. The van der Waals surface area contributed by atoms with E-state index >= 15 is 0 Å². The molecular weight excluding hydrogens is 222 g/mol. The minimum atomic E-state index is -0.669. The molecule has 7 heteroatoms. The van der Waals surface area contributed by atoms with Gasteiger partial charge in [0.15, 0.2) is 0 Å². The second kappa shape index (κ2) is 6.00. The SMILES string of the molecule is Cc1c(CNC(=O)C(=O)NCCN)cnn1C. The van der Waals surface area contributed by atoms with Crippen molar-refractivity contribution in [2.24, 2.45) is 12.8 Å². The Kier molecular flexibility index (Phi) is 4.65. The van der Waals surface area contributed by atoms with Crippen LogP contribution in [0.4, 0.5) is 0 Å². The van der Waals surface area contributed by atoms with Gasteiger partial charge in [-0.3, -0.25) is 14.3 Å². The highest BCUT2D eigenvalue weighted by atomic mass is 16.2. The van der Waals surface area contributed by atoms with Crippen LogP contribution >= 0.6 is 0 Å². The van der Waals surface area contributed by atoms with Crippen LogP contribution < -0.4 is 16.4 Å². The molecule has 7 nitrogen and oxygen atoms in total. The standard InChI is InChI=1S/C10H17N5O2/c1-7-8(6-14-15(7)2)5-13-10(17)9(16)12-4-3-11/h6H,3-5,11H2,1-2H3,(H,12,16)(H,13,17). The fraction of sp³-hybridized carbons (Fsp3) is 0.500. The monoisotopic (exact) mass is 239 g/mol. The van der Waals surface area contributed by atoms with Gasteiger partial charge in [0.2, 0.25) is 0 Å². The summed E-state index contributed by atoms with van der Waals surface area (Å²) in [6.07, 6.45) is 1.66. The number of nitrogens with zero attached hydrogens (tertiary/aromatic N) is 2. The zero-order valence-corrected chi connectivity index (χ0v) is 9.99. The number of amides is 2. The first-order valence-corrected chi connectivity index (χ1v) is 5.29. The molecule has 0 aliphatic heterocycles. The molecule has 0 aromatic carbocycles. The molecule has 0 bridgehead atoms. The molecule has 1 aromatic heterocycles. The van der Waals surface area contributed by atoms with E-state index in [9.17, 15) is 9.59 Å². The number of hydrogen-bond acceptors (Lipinski definition) is 4. The zero-order chi connectivity index (χ0) is 12.8. The smallest absolute Gasteiger partial charge is 0.309 e. The molecule has 0 aliphatic carbocycles. The summed E-state index contributed by atoms with van der Waals surface area (Å²) in [5.41, 5.74) is 7.04. The van der Waals surface area contributed by atoms with Crippen LogP contribution in [0.1, 0.15) is 11.3 Å². The summed E-state index contributed by atoms with van der Waals surface area (Å²) >= 11 is 0. The number of nitrogens with one attached hydrogen (secondary N) is 2. The van der Waals surface area contributed by atoms with Crippen molar-refractivity contribution in [3.63, 3.8) is 0 Å². The van der Waals surface area contributed by atoms with E-state index in [1.54, 1.807) is 10.9 Å². The highest BCUT2D eigenvalue weighted by Crippen LogP contribution is 2.04. The van der Waals surface area contributed by atoms with E-state index < -0.39 is 11.8 Å². The van der Waals surface area contributed by atoms with E-state index in [1.165, 1.54) is 0 Å². The maximum Gasteiger partial charge on any atom is 0.309 e. The van der Waals surface area contributed by atoms with Gasteiger partial charge in [-0.2, -0.15) is 5.10 Å². The number of aromatic nitrogens is 2. The molecule has 0 aliphatic rings. The Balaban J connectivity index is 2.43. The Morgan fingerprint density at radius 2 is 2.06 bits per heavy atom. The van der Waals surface area contributed by atoms with Crippen LogP contribution in [0.3, 0.4) is 0 Å². The predicted octanol–water partition coefficient (Wildman–Crippen LogP) is -1.58. The third-order valence-electron chi connectivity index (χ3n) is 2.41. The summed E-state index contributed by atoms with van der Waals surface area (Å²) < 4.78 is 1.70. The van der Waals surface area contributed by atoms with Crippen LogP contribution in [0, 0.1) is 6.92 Å². The molecule has 1 rings (SSSR count). The van der Waals surface area contributed by atoms with Gasteiger partial charge in [0.05, 0.1) is 6.20 Å². The van der Waals surface area contributed by atoms with Gasteiger partial charge in [-0.15, -0.1) is 0 Å². The zero-order valence-electron chi connectivity index (χ0n) is 9.99. The highest BCUT2D eigenvalue weighted by Gasteiger charge is 2.13. The minimum absolute atomic E-state index is 0.286. The molecule has 0 saturated carbocycles. The molecule has 0 saturated heterocycles. The lowest BCUT2D eigenvalue weighted by Gasteiger charge is -2.05. The molecule has 0 unspecified atom stereocenters. The van der Waals surface area contributed by atoms with Crippen LogP contribution in [0.25, 0.3) is 0 Å². The average Bonchev–Trinajstić information content (AvgIpc) is 2.64. The molecule has 0 radical (unpaired) electrons. The summed E-state index contributed by atoms with van der Waals surface area (Å²) in [5, 5.41) is 8.94. The van der Waals surface area contributed by atoms with Gasteiger partial charge in [0.1, 0.15) is 0 Å². The van der Waals surface area contributed by atoms with E-state index in [4.69, 9.17) is 5.73 Å². The van der Waals surface area contributed by atoms with E-state index in [0.717, 1.165) is 11.3 Å². The number of carbonyl (C=O) groups excluding carboxylic acids is 2. The van der Waals surface area contributed by atoms with Crippen molar-refractivity contribution >= 4 is 11.8 Å². The summed E-state index contributed by atoms with van der Waals surface area (Å²) in [4.78, 5) is 22.6. The van der Waals surface area contributed by atoms with E-state index in [2.05, 4.69) is 15.7 Å². The third-order valence-corrected chi connectivity index (χ3v) is 2.41. The predicted molar refractivity (Wildman–Crippen MR) is 61.9 cm³/mol. The van der Waals surface area contributed by atoms with Gasteiger partial charge in [-0.1, -0.05) is 0 Å². The summed E-state index contributed by atoms with van der Waals surface area (Å²) in [5.74, 6) is -1.33. The lowest BCUT2D eigenvalue weighted by molar-refractivity contribution is -0.139. The molecule has 0 fully saturated rings. The molecule has 0 atom stereocenters. The van der Waals surface area contributed by atoms with Crippen LogP contribution in [0.5, 0.6) is 0 Å². The third kappa shape index (κ3) is 3.56. The molecule has 17 heavy (non-hydrogen) atoms. The summed E-state index contributed by atoms with van der Waals surface area (Å²) in [6, 6.07) is 0. The van der Waals surface area contributed by atoms with Crippen LogP contribution in [0.15, 0.2) is 6.20 Å². The lowest BCUT2D eigenvalue weighted by Crippen LogP contribution is -2.41. The molecule has 0 spiro atoms. The van der Waals surface area contributed by atoms with Gasteiger partial charge >= 0.3 is 11.8 Å². The van der Waals surface area contributed by atoms with Crippen molar-refractivity contribution in [1.82, 2.24) is 20.4 Å². The second-order valence-electron chi connectivity index (χ2n) is 3.61. The highest BCUT2D eigenvalue weighted by molar-refractivity contribution is 6.35.